The van der Waals surface area contributed by atoms with Crippen molar-refractivity contribution in [2.45, 2.75) is 38.5 Å². The molecule has 9 nitrogen and oxygen atoms in total. The van der Waals surface area contributed by atoms with Crippen molar-refractivity contribution >= 4 is 22.9 Å². The third kappa shape index (κ3) is 3.52. The molecule has 2 aliphatic rings. The maximum atomic E-state index is 6.26. The van der Waals surface area contributed by atoms with E-state index in [2.05, 4.69) is 23.7 Å². The SMILES string of the molecule is COCCC1(C)OCc2c(N3CCOC[C@@H]3C)nc(-c3ccc4oc(N)nc4c3)nc21. The molecule has 2 aliphatic heterocycles. The minimum absolute atomic E-state index is 0.144. The molecule has 164 valence electrons. The molecule has 1 unspecified atom stereocenters. The van der Waals surface area contributed by atoms with Gasteiger partial charge in [-0.3, -0.25) is 0 Å². The second kappa shape index (κ2) is 7.74. The van der Waals surface area contributed by atoms with Gasteiger partial charge >= 0.3 is 0 Å². The highest BCUT2D eigenvalue weighted by molar-refractivity contribution is 5.80. The quantitative estimate of drug-likeness (QED) is 0.660. The van der Waals surface area contributed by atoms with Crippen molar-refractivity contribution < 1.29 is 18.6 Å². The van der Waals surface area contributed by atoms with E-state index in [0.29, 0.717) is 49.8 Å². The summed E-state index contributed by atoms with van der Waals surface area (Å²) in [6, 6.07) is 6.05. The molecule has 4 heterocycles. The number of nitrogen functional groups attached to an aromatic ring is 1. The Bertz CT molecular complexity index is 1120. The molecule has 2 atom stereocenters. The molecule has 0 aliphatic carbocycles. The average molecular weight is 425 g/mol. The van der Waals surface area contributed by atoms with Gasteiger partial charge in [0.05, 0.1) is 31.6 Å². The number of nitrogens with zero attached hydrogens (tertiary/aromatic N) is 4. The zero-order valence-corrected chi connectivity index (χ0v) is 18.1. The van der Waals surface area contributed by atoms with Crippen molar-refractivity contribution in [2.75, 3.05) is 44.1 Å². The number of hydrogen-bond donors (Lipinski definition) is 1. The van der Waals surface area contributed by atoms with Crippen LogP contribution in [0, 0.1) is 0 Å². The van der Waals surface area contributed by atoms with E-state index in [1.54, 1.807) is 7.11 Å². The topological polar surface area (TPSA) is 109 Å². The van der Waals surface area contributed by atoms with Crippen LogP contribution < -0.4 is 10.6 Å². The lowest BCUT2D eigenvalue weighted by atomic mass is 9.96. The number of oxazole rings is 1. The maximum absolute atomic E-state index is 6.26. The van der Waals surface area contributed by atoms with Gasteiger partial charge in [0.1, 0.15) is 16.9 Å². The molecular formula is C22H27N5O4. The van der Waals surface area contributed by atoms with Gasteiger partial charge in [0.25, 0.3) is 6.01 Å². The molecule has 2 N–H and O–H groups in total. The Morgan fingerprint density at radius 3 is 2.97 bits per heavy atom. The van der Waals surface area contributed by atoms with E-state index in [0.717, 1.165) is 29.2 Å². The predicted octanol–water partition coefficient (Wildman–Crippen LogP) is 2.87. The number of morpholine rings is 1. The van der Waals surface area contributed by atoms with E-state index in [1.807, 2.05) is 18.2 Å². The zero-order valence-electron chi connectivity index (χ0n) is 18.1. The van der Waals surface area contributed by atoms with Gasteiger partial charge in [0.2, 0.25) is 0 Å². The van der Waals surface area contributed by atoms with Gasteiger partial charge in [-0.2, -0.15) is 4.98 Å². The molecule has 1 fully saturated rings. The summed E-state index contributed by atoms with van der Waals surface area (Å²) in [5.41, 5.74) is 9.32. The van der Waals surface area contributed by atoms with Gasteiger partial charge in [0.15, 0.2) is 11.4 Å². The lowest BCUT2D eigenvalue weighted by Crippen LogP contribution is -2.44. The maximum Gasteiger partial charge on any atom is 0.292 e. The van der Waals surface area contributed by atoms with Gasteiger partial charge in [-0.25, -0.2) is 9.97 Å². The van der Waals surface area contributed by atoms with Crippen molar-refractivity contribution in [2.24, 2.45) is 0 Å². The third-order valence-electron chi connectivity index (χ3n) is 6.11. The van der Waals surface area contributed by atoms with E-state index in [4.69, 9.17) is 34.3 Å². The molecular weight excluding hydrogens is 398 g/mol. The van der Waals surface area contributed by atoms with Gasteiger partial charge in [-0.05, 0) is 32.0 Å². The number of rotatable bonds is 5. The number of benzene rings is 1. The number of ether oxygens (including phenoxy) is 3. The first-order valence-electron chi connectivity index (χ1n) is 10.5. The minimum atomic E-state index is -0.532. The second-order valence-electron chi connectivity index (χ2n) is 8.31. The number of anilines is 2. The first kappa shape index (κ1) is 20.2. The van der Waals surface area contributed by atoms with Gasteiger partial charge < -0.3 is 29.3 Å². The Morgan fingerprint density at radius 2 is 2.16 bits per heavy atom. The Kier molecular flexibility index (Phi) is 5.04. The van der Waals surface area contributed by atoms with Crippen LogP contribution in [0.25, 0.3) is 22.5 Å². The average Bonchev–Trinajstić information content (AvgIpc) is 3.31. The first-order chi connectivity index (χ1) is 15.0. The van der Waals surface area contributed by atoms with Crippen molar-refractivity contribution in [1.82, 2.24) is 15.0 Å². The molecule has 31 heavy (non-hydrogen) atoms. The monoisotopic (exact) mass is 425 g/mol. The highest BCUT2D eigenvalue weighted by atomic mass is 16.5. The predicted molar refractivity (Wildman–Crippen MR) is 116 cm³/mol. The normalized spacial score (nSPS) is 23.5. The summed E-state index contributed by atoms with van der Waals surface area (Å²) in [4.78, 5) is 16.5. The van der Waals surface area contributed by atoms with Crippen LogP contribution in [0.1, 0.15) is 31.5 Å². The Labute approximate surface area is 180 Å². The smallest absolute Gasteiger partial charge is 0.292 e. The van der Waals surface area contributed by atoms with Crippen LogP contribution in [0.3, 0.4) is 0 Å². The van der Waals surface area contributed by atoms with Crippen LogP contribution in [-0.4, -0.2) is 54.5 Å². The summed E-state index contributed by atoms with van der Waals surface area (Å²) >= 11 is 0. The van der Waals surface area contributed by atoms with Crippen LogP contribution in [0.15, 0.2) is 22.6 Å². The molecule has 0 saturated carbocycles. The molecule has 0 radical (unpaired) electrons. The molecule has 1 saturated heterocycles. The van der Waals surface area contributed by atoms with Crippen LogP contribution >= 0.6 is 0 Å². The second-order valence-corrected chi connectivity index (χ2v) is 8.31. The number of aromatic nitrogens is 3. The number of hydrogen-bond acceptors (Lipinski definition) is 9. The van der Waals surface area contributed by atoms with Crippen LogP contribution in [0.2, 0.25) is 0 Å². The van der Waals surface area contributed by atoms with E-state index >= 15 is 0 Å². The third-order valence-corrected chi connectivity index (χ3v) is 6.11. The summed E-state index contributed by atoms with van der Waals surface area (Å²) < 4.78 is 22.7. The largest absolute Gasteiger partial charge is 0.424 e. The summed E-state index contributed by atoms with van der Waals surface area (Å²) in [6.45, 7) is 7.40. The highest BCUT2D eigenvalue weighted by Gasteiger charge is 2.41. The minimum Gasteiger partial charge on any atom is -0.424 e. The summed E-state index contributed by atoms with van der Waals surface area (Å²) in [5.74, 6) is 1.54. The lowest BCUT2D eigenvalue weighted by Gasteiger charge is -2.35. The van der Waals surface area contributed by atoms with E-state index < -0.39 is 5.60 Å². The number of nitrogens with two attached hydrogens (primary N) is 1. The first-order valence-corrected chi connectivity index (χ1v) is 10.5. The van der Waals surface area contributed by atoms with E-state index in [-0.39, 0.29) is 12.1 Å². The number of fused-ring (bicyclic) bond motifs is 2. The summed E-state index contributed by atoms with van der Waals surface area (Å²) in [5, 5.41) is 0. The fourth-order valence-electron chi connectivity index (χ4n) is 4.32. The molecule has 5 rings (SSSR count). The Hall–Kier alpha value is -2.75. The molecule has 2 aromatic heterocycles. The van der Waals surface area contributed by atoms with Crippen molar-refractivity contribution in [1.29, 1.82) is 0 Å². The molecule has 1 aromatic carbocycles. The van der Waals surface area contributed by atoms with E-state index in [9.17, 15) is 0 Å². The summed E-state index contributed by atoms with van der Waals surface area (Å²) in [6.07, 6.45) is 0.712. The van der Waals surface area contributed by atoms with Crippen LogP contribution in [0.4, 0.5) is 11.8 Å². The van der Waals surface area contributed by atoms with Gasteiger partial charge in [0, 0.05) is 37.8 Å². The standard InChI is InChI=1S/C22H27N5O4/c1-13-11-29-9-7-27(13)20-15-12-30-22(2,6-8-28-3)18(15)25-19(26-20)14-4-5-17-16(10-14)24-21(23)31-17/h4-5,10,13H,6-9,11-12H2,1-3H3,(H2,23,24)/t13-,22?/m0/s1. The fourth-order valence-corrected chi connectivity index (χ4v) is 4.32. The molecule has 9 heteroatoms. The van der Waals surface area contributed by atoms with Crippen LogP contribution in [0.5, 0.6) is 0 Å². The Balaban J connectivity index is 1.65. The molecule has 0 spiro atoms. The van der Waals surface area contributed by atoms with Crippen molar-refractivity contribution in [3.8, 4) is 11.4 Å². The van der Waals surface area contributed by atoms with Crippen molar-refractivity contribution in [3.05, 3.63) is 29.5 Å². The highest BCUT2D eigenvalue weighted by Crippen LogP contribution is 2.43. The zero-order chi connectivity index (χ0) is 21.6. The Morgan fingerprint density at radius 1 is 1.29 bits per heavy atom. The van der Waals surface area contributed by atoms with Gasteiger partial charge in [-0.15, -0.1) is 0 Å². The molecule has 0 amide bonds. The number of methoxy groups -OCH3 is 1. The van der Waals surface area contributed by atoms with Crippen molar-refractivity contribution in [3.63, 3.8) is 0 Å². The van der Waals surface area contributed by atoms with E-state index in [1.165, 1.54) is 0 Å². The molecule has 3 aromatic rings. The fraction of sp³-hybridized carbons (Fsp3) is 0.500. The lowest BCUT2D eigenvalue weighted by molar-refractivity contribution is -0.0448. The molecule has 0 bridgehead atoms. The summed E-state index contributed by atoms with van der Waals surface area (Å²) in [7, 11) is 1.70. The van der Waals surface area contributed by atoms with Crippen LogP contribution in [-0.2, 0) is 26.4 Å². The van der Waals surface area contributed by atoms with Gasteiger partial charge in [-0.1, -0.05) is 0 Å².